The van der Waals surface area contributed by atoms with Gasteiger partial charge in [-0.2, -0.15) is 5.10 Å². The number of ether oxygens (including phenoxy) is 2. The maximum absolute atomic E-state index is 11.6. The number of aromatic nitrogens is 3. The van der Waals surface area contributed by atoms with Crippen LogP contribution in [-0.4, -0.2) is 66.5 Å². The lowest BCUT2D eigenvalue weighted by Crippen LogP contribution is -2.62. The maximum Gasteiger partial charge on any atom is 0.217 e. The highest BCUT2D eigenvalue weighted by Gasteiger charge is 2.46. The number of aryl methyl sites for hydroxylation is 1. The lowest BCUT2D eigenvalue weighted by molar-refractivity contribution is -0.219. The first kappa shape index (κ1) is 22.4. The average Bonchev–Trinajstić information content (AvgIpc) is 2.98. The smallest absolute Gasteiger partial charge is 0.217 e. The number of hydrogen-bond donors (Lipinski definition) is 4. The number of nitrogens with one attached hydrogen (secondary N) is 1. The Labute approximate surface area is 178 Å². The molecule has 5 atom stereocenters. The van der Waals surface area contributed by atoms with Crippen molar-refractivity contribution in [2.24, 2.45) is 7.05 Å². The maximum atomic E-state index is 11.6. The van der Waals surface area contributed by atoms with Gasteiger partial charge in [-0.05, 0) is 36.8 Å². The summed E-state index contributed by atoms with van der Waals surface area (Å²) in [4.78, 5) is 11.6. The van der Waals surface area contributed by atoms with Crippen molar-refractivity contribution < 1.29 is 29.6 Å². The summed E-state index contributed by atoms with van der Waals surface area (Å²) < 4.78 is 14.8. The van der Waals surface area contributed by atoms with Gasteiger partial charge in [0.15, 0.2) is 16.8 Å². The molecular formula is C19H26N4O6S. The largest absolute Gasteiger partial charge is 0.486 e. The van der Waals surface area contributed by atoms with Crippen LogP contribution >= 0.6 is 12.2 Å². The third-order valence-corrected chi connectivity index (χ3v) is 5.42. The minimum Gasteiger partial charge on any atom is -0.486 e. The van der Waals surface area contributed by atoms with E-state index in [9.17, 15) is 20.1 Å². The summed E-state index contributed by atoms with van der Waals surface area (Å²) in [6.07, 6.45) is -4.87. The highest BCUT2D eigenvalue weighted by Crippen LogP contribution is 2.28. The number of amides is 1. The minimum atomic E-state index is -1.39. The third-order valence-electron chi connectivity index (χ3n) is 4.96. The summed E-state index contributed by atoms with van der Waals surface area (Å²) in [6.45, 7) is 2.85. The number of rotatable bonds is 6. The molecule has 11 heteroatoms. The van der Waals surface area contributed by atoms with Crippen LogP contribution in [0, 0.1) is 11.7 Å². The molecule has 30 heavy (non-hydrogen) atoms. The van der Waals surface area contributed by atoms with Crippen molar-refractivity contribution in [2.45, 2.75) is 51.0 Å². The Balaban J connectivity index is 1.89. The van der Waals surface area contributed by atoms with E-state index in [0.717, 1.165) is 5.56 Å². The number of aliphatic hydroxyl groups is 3. The number of hydrogen-bond acceptors (Lipinski definition) is 8. The molecule has 10 nitrogen and oxygen atoms in total. The summed E-state index contributed by atoms with van der Waals surface area (Å²) >= 11 is 5.46. The Kier molecular flexibility index (Phi) is 6.88. The molecule has 4 N–H and O–H groups in total. The molecule has 0 radical (unpaired) electrons. The predicted octanol–water partition coefficient (Wildman–Crippen LogP) is -0.0453. The van der Waals surface area contributed by atoms with Crippen molar-refractivity contribution in [3.63, 3.8) is 0 Å². The van der Waals surface area contributed by atoms with Crippen LogP contribution in [-0.2, 0) is 23.2 Å². The predicted molar refractivity (Wildman–Crippen MR) is 108 cm³/mol. The van der Waals surface area contributed by atoms with Crippen LogP contribution in [0.3, 0.4) is 0 Å². The zero-order valence-corrected chi connectivity index (χ0v) is 17.7. The summed E-state index contributed by atoms with van der Waals surface area (Å²) in [5.41, 5.74) is 1.06. The number of nitrogens with zero attached hydrogens (tertiary/aromatic N) is 3. The quantitative estimate of drug-likeness (QED) is 0.462. The molecule has 0 saturated carbocycles. The lowest BCUT2D eigenvalue weighted by atomic mass is 9.96. The molecule has 1 fully saturated rings. The first-order chi connectivity index (χ1) is 14.2. The van der Waals surface area contributed by atoms with E-state index in [1.165, 1.54) is 11.6 Å². The molecule has 164 valence electrons. The average molecular weight is 439 g/mol. The van der Waals surface area contributed by atoms with Crippen molar-refractivity contribution in [3.05, 3.63) is 40.4 Å². The molecule has 1 amide bonds. The van der Waals surface area contributed by atoms with Gasteiger partial charge in [-0.15, -0.1) is 0 Å². The van der Waals surface area contributed by atoms with E-state index in [-0.39, 0.29) is 11.4 Å². The molecule has 1 aromatic carbocycles. The van der Waals surface area contributed by atoms with Gasteiger partial charge in [-0.1, -0.05) is 12.1 Å². The van der Waals surface area contributed by atoms with Gasteiger partial charge in [0, 0.05) is 14.0 Å². The summed E-state index contributed by atoms with van der Waals surface area (Å²) in [6, 6.07) is 6.55. The van der Waals surface area contributed by atoms with Crippen LogP contribution in [0.2, 0.25) is 0 Å². The second-order valence-corrected chi connectivity index (χ2v) is 7.63. The number of benzene rings is 1. The number of carbonyl (C=O) groups is 1. The highest BCUT2D eigenvalue weighted by atomic mass is 32.1. The van der Waals surface area contributed by atoms with E-state index in [2.05, 4.69) is 10.4 Å². The van der Waals surface area contributed by atoms with Crippen LogP contribution in [0.5, 0.6) is 5.75 Å². The number of aliphatic hydroxyl groups excluding tert-OH is 3. The van der Waals surface area contributed by atoms with Crippen molar-refractivity contribution in [2.75, 3.05) is 6.61 Å². The van der Waals surface area contributed by atoms with E-state index in [1.54, 1.807) is 11.6 Å². The Bertz CT molecular complexity index is 961. The fraction of sp³-hybridized carbons (Fsp3) is 0.526. The minimum absolute atomic E-state index is 0.128. The van der Waals surface area contributed by atoms with Crippen LogP contribution < -0.4 is 10.1 Å². The monoisotopic (exact) mass is 438 g/mol. The molecule has 0 unspecified atom stereocenters. The van der Waals surface area contributed by atoms with E-state index in [4.69, 9.17) is 21.7 Å². The van der Waals surface area contributed by atoms with Crippen molar-refractivity contribution in [1.29, 1.82) is 0 Å². The molecular weight excluding hydrogens is 412 g/mol. The van der Waals surface area contributed by atoms with Gasteiger partial charge in [0.1, 0.15) is 36.7 Å². The van der Waals surface area contributed by atoms with Crippen molar-refractivity contribution >= 4 is 18.1 Å². The standard InChI is InChI=1S/C19H26N4O6S/c1-10-5-4-6-12(7-10)28-9-14-21-23(19(30)22(14)3)18-15(20-11(2)25)17(27)16(26)13(8-24)29-18/h4-7,13,15-18,24,26-27H,8-9H2,1-3H3,(H,20,25)/t13-,15-,16-,17-,18-/m1/s1. The van der Waals surface area contributed by atoms with Gasteiger partial charge >= 0.3 is 0 Å². The SMILES string of the molecule is CC(=O)N[C@@H]1[C@@H](O)[C@H](O)[C@@H](CO)O[C@H]1n1nc(COc2cccc(C)c2)n(C)c1=S. The fourth-order valence-corrected chi connectivity index (χ4v) is 3.59. The van der Waals surface area contributed by atoms with Gasteiger partial charge in [-0.25, -0.2) is 4.68 Å². The van der Waals surface area contributed by atoms with Crippen LogP contribution in [0.1, 0.15) is 24.5 Å². The summed E-state index contributed by atoms with van der Waals surface area (Å²) in [5, 5.41) is 37.2. The van der Waals surface area contributed by atoms with E-state index in [0.29, 0.717) is 11.6 Å². The molecule has 1 saturated heterocycles. The van der Waals surface area contributed by atoms with Gasteiger partial charge in [0.05, 0.1) is 6.61 Å². The van der Waals surface area contributed by atoms with Crippen LogP contribution in [0.25, 0.3) is 0 Å². The van der Waals surface area contributed by atoms with Crippen LogP contribution in [0.15, 0.2) is 24.3 Å². The third kappa shape index (κ3) is 4.55. The van der Waals surface area contributed by atoms with E-state index in [1.807, 2.05) is 31.2 Å². The summed E-state index contributed by atoms with van der Waals surface area (Å²) in [5.74, 6) is 0.750. The van der Waals surface area contributed by atoms with Crippen molar-refractivity contribution in [3.8, 4) is 5.75 Å². The highest BCUT2D eigenvalue weighted by molar-refractivity contribution is 7.71. The Hall–Kier alpha value is -2.31. The first-order valence-electron chi connectivity index (χ1n) is 9.46. The molecule has 1 aromatic heterocycles. The molecule has 0 aliphatic carbocycles. The van der Waals surface area contributed by atoms with E-state index >= 15 is 0 Å². The van der Waals surface area contributed by atoms with E-state index < -0.39 is 43.1 Å². The molecule has 1 aliphatic heterocycles. The fourth-order valence-electron chi connectivity index (χ4n) is 3.34. The first-order valence-corrected chi connectivity index (χ1v) is 9.87. The van der Waals surface area contributed by atoms with Gasteiger partial charge in [-0.3, -0.25) is 4.79 Å². The molecule has 2 heterocycles. The Morgan fingerprint density at radius 3 is 2.73 bits per heavy atom. The molecule has 3 rings (SSSR count). The Morgan fingerprint density at radius 2 is 2.10 bits per heavy atom. The zero-order chi connectivity index (χ0) is 22.0. The van der Waals surface area contributed by atoms with Gasteiger partial charge < -0.3 is 34.7 Å². The lowest BCUT2D eigenvalue weighted by Gasteiger charge is -2.42. The molecule has 0 bridgehead atoms. The van der Waals surface area contributed by atoms with Gasteiger partial charge in [0.2, 0.25) is 5.91 Å². The second-order valence-electron chi connectivity index (χ2n) is 7.26. The normalized spacial score (nSPS) is 26.4. The Morgan fingerprint density at radius 1 is 1.37 bits per heavy atom. The second kappa shape index (κ2) is 9.23. The molecule has 2 aromatic rings. The topological polar surface area (TPSA) is 131 Å². The number of carbonyl (C=O) groups excluding carboxylic acids is 1. The molecule has 0 spiro atoms. The van der Waals surface area contributed by atoms with Gasteiger partial charge in [0.25, 0.3) is 0 Å². The van der Waals surface area contributed by atoms with Crippen molar-refractivity contribution in [1.82, 2.24) is 19.7 Å². The zero-order valence-electron chi connectivity index (χ0n) is 16.9. The molecule has 1 aliphatic rings. The van der Waals surface area contributed by atoms with Crippen LogP contribution in [0.4, 0.5) is 0 Å². The summed E-state index contributed by atoms with van der Waals surface area (Å²) in [7, 11) is 1.71.